The lowest BCUT2D eigenvalue weighted by Gasteiger charge is -2.12. The van der Waals surface area contributed by atoms with Crippen LogP contribution < -0.4 is 21.1 Å². The van der Waals surface area contributed by atoms with Gasteiger partial charge in [-0.1, -0.05) is 12.1 Å². The zero-order valence-electron chi connectivity index (χ0n) is 14.5. The van der Waals surface area contributed by atoms with Crippen molar-refractivity contribution in [1.29, 1.82) is 0 Å². The molecule has 0 aliphatic rings. The second kappa shape index (κ2) is 9.31. The van der Waals surface area contributed by atoms with Gasteiger partial charge in [0, 0.05) is 26.8 Å². The molecule has 2 aromatic rings. The van der Waals surface area contributed by atoms with Crippen LogP contribution in [0.25, 0.3) is 0 Å². The van der Waals surface area contributed by atoms with E-state index in [1.54, 1.807) is 13.2 Å². The van der Waals surface area contributed by atoms with Crippen molar-refractivity contribution >= 4 is 11.9 Å². The van der Waals surface area contributed by atoms with E-state index in [1.807, 2.05) is 42.1 Å². The fourth-order valence-electron chi connectivity index (χ4n) is 2.20. The monoisotopic (exact) mass is 344 g/mol. The molecule has 8 heteroatoms. The van der Waals surface area contributed by atoms with Gasteiger partial charge in [-0.2, -0.15) is 5.10 Å². The third kappa shape index (κ3) is 6.17. The van der Waals surface area contributed by atoms with Crippen LogP contribution >= 0.6 is 0 Å². The first-order chi connectivity index (χ1) is 12.1. The molecule has 25 heavy (non-hydrogen) atoms. The third-order valence-electron chi connectivity index (χ3n) is 3.59. The number of aryl methyl sites for hydroxylation is 1. The molecule has 1 amide bonds. The van der Waals surface area contributed by atoms with E-state index in [2.05, 4.69) is 20.7 Å². The Bertz CT molecular complexity index is 708. The van der Waals surface area contributed by atoms with Crippen molar-refractivity contribution in [3.05, 3.63) is 47.8 Å². The van der Waals surface area contributed by atoms with Crippen molar-refractivity contribution in [3.8, 4) is 5.75 Å². The molecule has 0 unspecified atom stereocenters. The summed E-state index contributed by atoms with van der Waals surface area (Å²) in [5, 5.41) is 10.7. The van der Waals surface area contributed by atoms with Gasteiger partial charge in [0.1, 0.15) is 5.75 Å². The Morgan fingerprint density at radius 1 is 1.28 bits per heavy atom. The van der Waals surface area contributed by atoms with Crippen LogP contribution in [0.5, 0.6) is 5.75 Å². The largest absolute Gasteiger partial charge is 0.484 e. The number of nitrogens with one attached hydrogen (secondary N) is 2. The van der Waals surface area contributed by atoms with Crippen LogP contribution in [-0.2, 0) is 24.8 Å². The lowest BCUT2D eigenvalue weighted by Crippen LogP contribution is -2.38. The number of aliphatic imine (C=N–C) groups is 1. The Kier molecular flexibility index (Phi) is 6.82. The summed E-state index contributed by atoms with van der Waals surface area (Å²) in [5.41, 5.74) is 7.28. The van der Waals surface area contributed by atoms with Crippen LogP contribution in [0.4, 0.5) is 0 Å². The Morgan fingerprint density at radius 2 is 2.04 bits per heavy atom. The van der Waals surface area contributed by atoms with E-state index in [9.17, 15) is 4.79 Å². The highest BCUT2D eigenvalue weighted by Gasteiger charge is 2.02. The number of amides is 1. The number of guanidine groups is 1. The first-order valence-corrected chi connectivity index (χ1v) is 8.00. The number of rotatable bonds is 8. The summed E-state index contributed by atoms with van der Waals surface area (Å²) < 4.78 is 7.05. The van der Waals surface area contributed by atoms with Gasteiger partial charge in [0.15, 0.2) is 12.6 Å². The maximum Gasteiger partial charge on any atom is 0.255 e. The fourth-order valence-corrected chi connectivity index (χ4v) is 2.20. The van der Waals surface area contributed by atoms with E-state index in [-0.39, 0.29) is 6.61 Å². The highest BCUT2D eigenvalue weighted by molar-refractivity contribution is 5.79. The number of nitrogens with zero attached hydrogens (tertiary/aromatic N) is 3. The normalized spacial score (nSPS) is 11.2. The second-order valence-corrected chi connectivity index (χ2v) is 5.45. The van der Waals surface area contributed by atoms with Crippen LogP contribution in [0.15, 0.2) is 41.5 Å². The van der Waals surface area contributed by atoms with Gasteiger partial charge in [-0.05, 0) is 30.2 Å². The predicted octanol–water partition coefficient (Wildman–Crippen LogP) is 0.192. The van der Waals surface area contributed by atoms with E-state index in [1.165, 1.54) is 0 Å². The van der Waals surface area contributed by atoms with Crippen molar-refractivity contribution in [3.63, 3.8) is 0 Å². The maximum atomic E-state index is 10.7. The molecule has 0 atom stereocenters. The van der Waals surface area contributed by atoms with Crippen LogP contribution in [0.3, 0.4) is 0 Å². The number of aromatic nitrogens is 2. The molecule has 0 aliphatic heterocycles. The first kappa shape index (κ1) is 18.3. The summed E-state index contributed by atoms with van der Waals surface area (Å²) in [4.78, 5) is 14.9. The Labute approximate surface area is 147 Å². The van der Waals surface area contributed by atoms with Gasteiger partial charge in [-0.15, -0.1) is 0 Å². The van der Waals surface area contributed by atoms with Gasteiger partial charge in [0.2, 0.25) is 0 Å². The second-order valence-electron chi connectivity index (χ2n) is 5.45. The Morgan fingerprint density at radius 3 is 2.64 bits per heavy atom. The SMILES string of the molecule is CN=C(NCCc1ccc(OCC(N)=O)cc1)NCc1ccnn1C. The molecule has 0 bridgehead atoms. The van der Waals surface area contributed by atoms with E-state index < -0.39 is 5.91 Å². The molecular weight excluding hydrogens is 320 g/mol. The lowest BCUT2D eigenvalue weighted by molar-refractivity contribution is -0.119. The number of primary amides is 1. The number of nitrogens with two attached hydrogens (primary N) is 1. The molecule has 0 saturated carbocycles. The third-order valence-corrected chi connectivity index (χ3v) is 3.59. The summed E-state index contributed by atoms with van der Waals surface area (Å²) in [6.07, 6.45) is 2.60. The summed E-state index contributed by atoms with van der Waals surface area (Å²) in [6.45, 7) is 1.29. The van der Waals surface area contributed by atoms with Crippen LogP contribution in [-0.4, -0.2) is 41.8 Å². The highest BCUT2D eigenvalue weighted by atomic mass is 16.5. The molecule has 0 radical (unpaired) electrons. The first-order valence-electron chi connectivity index (χ1n) is 8.00. The van der Waals surface area contributed by atoms with E-state index in [4.69, 9.17) is 10.5 Å². The molecule has 4 N–H and O–H groups in total. The molecule has 1 aromatic carbocycles. The summed E-state index contributed by atoms with van der Waals surface area (Å²) >= 11 is 0. The summed E-state index contributed by atoms with van der Waals surface area (Å²) in [7, 11) is 3.65. The number of ether oxygens (including phenoxy) is 1. The number of carbonyl (C=O) groups is 1. The minimum Gasteiger partial charge on any atom is -0.484 e. The zero-order chi connectivity index (χ0) is 18.1. The molecule has 0 saturated heterocycles. The average molecular weight is 344 g/mol. The zero-order valence-corrected chi connectivity index (χ0v) is 14.5. The van der Waals surface area contributed by atoms with Crippen LogP contribution in [0.2, 0.25) is 0 Å². The standard InChI is InChI=1S/C17H24N6O2/c1-19-17(21-11-14-8-10-22-23(14)2)20-9-7-13-3-5-15(6-4-13)25-12-16(18)24/h3-6,8,10H,7,9,11-12H2,1-2H3,(H2,18,24)(H2,19,20,21). The van der Waals surface area contributed by atoms with Gasteiger partial charge >= 0.3 is 0 Å². The van der Waals surface area contributed by atoms with Gasteiger partial charge in [0.05, 0.1) is 12.2 Å². The van der Waals surface area contributed by atoms with Crippen molar-refractivity contribution in [2.45, 2.75) is 13.0 Å². The minimum atomic E-state index is -0.488. The van der Waals surface area contributed by atoms with E-state index in [0.717, 1.165) is 30.2 Å². The predicted molar refractivity (Wildman–Crippen MR) is 96.2 cm³/mol. The molecule has 0 fully saturated rings. The number of hydrogen-bond acceptors (Lipinski definition) is 4. The molecule has 0 spiro atoms. The fraction of sp³-hybridized carbons (Fsp3) is 0.353. The lowest BCUT2D eigenvalue weighted by atomic mass is 10.1. The molecule has 0 aliphatic carbocycles. The molecule has 8 nitrogen and oxygen atoms in total. The molecule has 134 valence electrons. The van der Waals surface area contributed by atoms with Crippen LogP contribution in [0, 0.1) is 0 Å². The van der Waals surface area contributed by atoms with E-state index >= 15 is 0 Å². The maximum absolute atomic E-state index is 10.7. The van der Waals surface area contributed by atoms with Crippen molar-refractivity contribution < 1.29 is 9.53 Å². The number of hydrogen-bond donors (Lipinski definition) is 3. The van der Waals surface area contributed by atoms with Crippen molar-refractivity contribution in [2.24, 2.45) is 17.8 Å². The topological polar surface area (TPSA) is 107 Å². The van der Waals surface area contributed by atoms with Crippen LogP contribution in [0.1, 0.15) is 11.3 Å². The quantitative estimate of drug-likeness (QED) is 0.468. The van der Waals surface area contributed by atoms with Gasteiger partial charge in [-0.25, -0.2) is 0 Å². The Balaban J connectivity index is 1.73. The Hall–Kier alpha value is -3.03. The van der Waals surface area contributed by atoms with Gasteiger partial charge in [0.25, 0.3) is 5.91 Å². The average Bonchev–Trinajstić information content (AvgIpc) is 3.02. The van der Waals surface area contributed by atoms with Crippen molar-refractivity contribution in [2.75, 3.05) is 20.2 Å². The van der Waals surface area contributed by atoms with E-state index in [0.29, 0.717) is 12.3 Å². The van der Waals surface area contributed by atoms with Crippen molar-refractivity contribution in [1.82, 2.24) is 20.4 Å². The van der Waals surface area contributed by atoms with Gasteiger partial charge < -0.3 is 21.1 Å². The molecule has 1 aromatic heterocycles. The molecule has 2 rings (SSSR count). The highest BCUT2D eigenvalue weighted by Crippen LogP contribution is 2.12. The number of benzene rings is 1. The molecule has 1 heterocycles. The minimum absolute atomic E-state index is 0.112. The number of carbonyl (C=O) groups excluding carboxylic acids is 1. The van der Waals surface area contributed by atoms with Gasteiger partial charge in [-0.3, -0.25) is 14.5 Å². The molecular formula is C17H24N6O2. The summed E-state index contributed by atoms with van der Waals surface area (Å²) in [6, 6.07) is 9.54. The smallest absolute Gasteiger partial charge is 0.255 e. The summed E-state index contributed by atoms with van der Waals surface area (Å²) in [5.74, 6) is 0.880.